The fourth-order valence-electron chi connectivity index (χ4n) is 1.67. The van der Waals surface area contributed by atoms with E-state index in [4.69, 9.17) is 23.2 Å². The van der Waals surface area contributed by atoms with E-state index in [1.165, 1.54) is 0 Å². The van der Waals surface area contributed by atoms with Crippen LogP contribution in [0.5, 0.6) is 0 Å². The van der Waals surface area contributed by atoms with Crippen LogP contribution in [0.3, 0.4) is 0 Å². The quantitative estimate of drug-likeness (QED) is 0.785. The van der Waals surface area contributed by atoms with Crippen molar-refractivity contribution >= 4 is 29.1 Å². The molecule has 0 N–H and O–H groups in total. The Kier molecular flexibility index (Phi) is 5.79. The molecule has 0 bridgehead atoms. The minimum Gasteiger partial charge on any atom is -0.339 e. The molecule has 2 nitrogen and oxygen atoms in total. The van der Waals surface area contributed by atoms with Gasteiger partial charge in [-0.15, -0.1) is 0 Å². The van der Waals surface area contributed by atoms with E-state index in [-0.39, 0.29) is 5.91 Å². The zero-order valence-corrected chi connectivity index (χ0v) is 11.7. The monoisotopic (exact) mass is 273 g/mol. The predicted molar refractivity (Wildman–Crippen MR) is 72.9 cm³/mol. The molecule has 0 aliphatic carbocycles. The summed E-state index contributed by atoms with van der Waals surface area (Å²) in [5.74, 6) is 0.0206. The van der Waals surface area contributed by atoms with Crippen molar-refractivity contribution in [3.05, 3.63) is 33.8 Å². The predicted octanol–water partition coefficient (Wildman–Crippen LogP) is 4.26. The van der Waals surface area contributed by atoms with E-state index in [0.29, 0.717) is 15.6 Å². The molecule has 0 radical (unpaired) electrons. The van der Waals surface area contributed by atoms with Crippen LogP contribution in [-0.4, -0.2) is 23.9 Å². The standard InChI is InChI=1S/C13H17Cl2NO/c1-3-7-16(8-4-2)13(17)10-5-6-11(14)12(15)9-10/h5-6,9H,3-4,7-8H2,1-2H3. The summed E-state index contributed by atoms with van der Waals surface area (Å²) >= 11 is 11.7. The molecule has 17 heavy (non-hydrogen) atoms. The van der Waals surface area contributed by atoms with Gasteiger partial charge in [0.1, 0.15) is 0 Å². The highest BCUT2D eigenvalue weighted by molar-refractivity contribution is 6.42. The van der Waals surface area contributed by atoms with Crippen LogP contribution >= 0.6 is 23.2 Å². The Hall–Kier alpha value is -0.730. The molecular weight excluding hydrogens is 257 g/mol. The summed E-state index contributed by atoms with van der Waals surface area (Å²) in [7, 11) is 0. The second-order valence-corrected chi connectivity index (χ2v) is 4.74. The van der Waals surface area contributed by atoms with Gasteiger partial charge in [0.15, 0.2) is 0 Å². The van der Waals surface area contributed by atoms with Crippen LogP contribution < -0.4 is 0 Å². The number of halogens is 2. The first kappa shape index (κ1) is 14.3. The lowest BCUT2D eigenvalue weighted by Crippen LogP contribution is -2.32. The zero-order valence-electron chi connectivity index (χ0n) is 10.2. The van der Waals surface area contributed by atoms with Gasteiger partial charge in [-0.2, -0.15) is 0 Å². The Morgan fingerprint density at radius 3 is 2.18 bits per heavy atom. The third-order valence-electron chi connectivity index (χ3n) is 2.44. The number of carbonyl (C=O) groups excluding carboxylic acids is 1. The highest BCUT2D eigenvalue weighted by Crippen LogP contribution is 2.23. The van der Waals surface area contributed by atoms with Crippen LogP contribution in [0.4, 0.5) is 0 Å². The van der Waals surface area contributed by atoms with E-state index >= 15 is 0 Å². The molecule has 0 fully saturated rings. The summed E-state index contributed by atoms with van der Waals surface area (Å²) in [6.45, 7) is 5.66. The molecule has 0 unspecified atom stereocenters. The molecule has 1 amide bonds. The largest absolute Gasteiger partial charge is 0.339 e. The van der Waals surface area contributed by atoms with Crippen LogP contribution in [0.25, 0.3) is 0 Å². The molecule has 1 aromatic rings. The maximum atomic E-state index is 12.2. The number of nitrogens with zero attached hydrogens (tertiary/aromatic N) is 1. The number of rotatable bonds is 5. The minimum atomic E-state index is 0.0206. The fraction of sp³-hybridized carbons (Fsp3) is 0.462. The highest BCUT2D eigenvalue weighted by atomic mass is 35.5. The Balaban J connectivity index is 2.88. The van der Waals surface area contributed by atoms with Crippen molar-refractivity contribution in [2.24, 2.45) is 0 Å². The third kappa shape index (κ3) is 3.90. The van der Waals surface area contributed by atoms with E-state index in [1.807, 2.05) is 4.90 Å². The topological polar surface area (TPSA) is 20.3 Å². The lowest BCUT2D eigenvalue weighted by Gasteiger charge is -2.21. The van der Waals surface area contributed by atoms with Crippen LogP contribution in [0.1, 0.15) is 37.0 Å². The summed E-state index contributed by atoms with van der Waals surface area (Å²) < 4.78 is 0. The Bertz CT molecular complexity index is 387. The average molecular weight is 274 g/mol. The van der Waals surface area contributed by atoms with Gasteiger partial charge in [0.05, 0.1) is 10.0 Å². The number of carbonyl (C=O) groups is 1. The van der Waals surface area contributed by atoms with Crippen molar-refractivity contribution < 1.29 is 4.79 Å². The van der Waals surface area contributed by atoms with Crippen molar-refractivity contribution in [3.63, 3.8) is 0 Å². The van der Waals surface area contributed by atoms with Crippen molar-refractivity contribution in [1.29, 1.82) is 0 Å². The average Bonchev–Trinajstić information content (AvgIpc) is 2.31. The second kappa shape index (κ2) is 6.87. The Labute approximate surface area is 113 Å². The lowest BCUT2D eigenvalue weighted by atomic mass is 10.2. The van der Waals surface area contributed by atoms with E-state index in [0.717, 1.165) is 25.9 Å². The Morgan fingerprint density at radius 1 is 1.12 bits per heavy atom. The molecule has 94 valence electrons. The molecule has 0 aliphatic heterocycles. The molecule has 1 aromatic carbocycles. The van der Waals surface area contributed by atoms with Crippen molar-refractivity contribution in [2.45, 2.75) is 26.7 Å². The number of hydrogen-bond acceptors (Lipinski definition) is 1. The molecular formula is C13H17Cl2NO. The van der Waals surface area contributed by atoms with Gasteiger partial charge in [-0.05, 0) is 31.0 Å². The van der Waals surface area contributed by atoms with E-state index in [9.17, 15) is 4.79 Å². The molecule has 0 atom stereocenters. The summed E-state index contributed by atoms with van der Waals surface area (Å²) in [5.41, 5.74) is 0.598. The first-order chi connectivity index (χ1) is 8.10. The number of amides is 1. The van der Waals surface area contributed by atoms with Gasteiger partial charge in [0, 0.05) is 18.7 Å². The Morgan fingerprint density at radius 2 is 1.71 bits per heavy atom. The number of benzene rings is 1. The SMILES string of the molecule is CCCN(CCC)C(=O)c1ccc(Cl)c(Cl)c1. The molecule has 0 heterocycles. The smallest absolute Gasteiger partial charge is 0.253 e. The summed E-state index contributed by atoms with van der Waals surface area (Å²) in [6, 6.07) is 5.01. The highest BCUT2D eigenvalue weighted by Gasteiger charge is 2.14. The molecule has 0 saturated carbocycles. The molecule has 0 saturated heterocycles. The van der Waals surface area contributed by atoms with Gasteiger partial charge in [-0.1, -0.05) is 37.0 Å². The summed E-state index contributed by atoms with van der Waals surface area (Å²) in [6.07, 6.45) is 1.90. The van der Waals surface area contributed by atoms with Gasteiger partial charge in [-0.3, -0.25) is 4.79 Å². The van der Waals surface area contributed by atoms with Gasteiger partial charge < -0.3 is 4.90 Å². The first-order valence-corrected chi connectivity index (χ1v) is 6.60. The van der Waals surface area contributed by atoms with E-state index in [2.05, 4.69) is 13.8 Å². The molecule has 0 spiro atoms. The zero-order chi connectivity index (χ0) is 12.8. The van der Waals surface area contributed by atoms with Crippen molar-refractivity contribution in [3.8, 4) is 0 Å². The second-order valence-electron chi connectivity index (χ2n) is 3.92. The van der Waals surface area contributed by atoms with Crippen LogP contribution in [0.15, 0.2) is 18.2 Å². The van der Waals surface area contributed by atoms with Gasteiger partial charge in [0.2, 0.25) is 0 Å². The normalized spacial score (nSPS) is 10.4. The van der Waals surface area contributed by atoms with Crippen molar-refractivity contribution in [1.82, 2.24) is 4.90 Å². The summed E-state index contributed by atoms with van der Waals surface area (Å²) in [5, 5.41) is 0.895. The van der Waals surface area contributed by atoms with Gasteiger partial charge in [-0.25, -0.2) is 0 Å². The maximum absolute atomic E-state index is 12.2. The van der Waals surface area contributed by atoms with E-state index in [1.54, 1.807) is 18.2 Å². The molecule has 0 aliphatic rings. The molecule has 1 rings (SSSR count). The van der Waals surface area contributed by atoms with Crippen LogP contribution in [0, 0.1) is 0 Å². The lowest BCUT2D eigenvalue weighted by molar-refractivity contribution is 0.0755. The first-order valence-electron chi connectivity index (χ1n) is 5.84. The van der Waals surface area contributed by atoms with E-state index < -0.39 is 0 Å². The third-order valence-corrected chi connectivity index (χ3v) is 3.18. The molecule has 0 aromatic heterocycles. The molecule has 4 heteroatoms. The van der Waals surface area contributed by atoms with Crippen LogP contribution in [-0.2, 0) is 0 Å². The summed E-state index contributed by atoms with van der Waals surface area (Å²) in [4.78, 5) is 14.1. The number of hydrogen-bond donors (Lipinski definition) is 0. The minimum absolute atomic E-state index is 0.0206. The van der Waals surface area contributed by atoms with Crippen molar-refractivity contribution in [2.75, 3.05) is 13.1 Å². The van der Waals surface area contributed by atoms with Crippen LogP contribution in [0.2, 0.25) is 10.0 Å². The van der Waals surface area contributed by atoms with Gasteiger partial charge >= 0.3 is 0 Å². The fourth-order valence-corrected chi connectivity index (χ4v) is 1.96. The maximum Gasteiger partial charge on any atom is 0.253 e. The van der Waals surface area contributed by atoms with Gasteiger partial charge in [0.25, 0.3) is 5.91 Å².